The summed E-state index contributed by atoms with van der Waals surface area (Å²) in [5.41, 5.74) is 8.20. The summed E-state index contributed by atoms with van der Waals surface area (Å²) < 4.78 is 26.9. The van der Waals surface area contributed by atoms with Crippen LogP contribution in [0.5, 0.6) is 0 Å². The Kier molecular flexibility index (Phi) is 4.93. The van der Waals surface area contributed by atoms with E-state index in [1.165, 1.54) is 17.4 Å². The van der Waals surface area contributed by atoms with Gasteiger partial charge < -0.3 is 16.2 Å². The van der Waals surface area contributed by atoms with Gasteiger partial charge in [-0.25, -0.2) is 8.78 Å². The quantitative estimate of drug-likeness (QED) is 0.599. The fourth-order valence-corrected chi connectivity index (χ4v) is 4.38. The average molecular weight is 419 g/mol. The fraction of sp³-hybridized carbons (Fsp3) is 0.316. The number of hydrogen-bond donors (Lipinski definition) is 3. The van der Waals surface area contributed by atoms with Gasteiger partial charge in [-0.2, -0.15) is 5.10 Å². The summed E-state index contributed by atoms with van der Waals surface area (Å²) in [7, 11) is 0. The number of aliphatic hydroxyl groups excluding tert-OH is 1. The highest BCUT2D eigenvalue weighted by Crippen LogP contribution is 2.35. The predicted molar refractivity (Wildman–Crippen MR) is 105 cm³/mol. The molecule has 0 spiro atoms. The Balaban J connectivity index is 1.43. The molecule has 4 N–H and O–H groups in total. The first-order chi connectivity index (χ1) is 13.8. The van der Waals surface area contributed by atoms with Gasteiger partial charge in [0.2, 0.25) is 0 Å². The average Bonchev–Trinajstić information content (AvgIpc) is 2.97. The zero-order chi connectivity index (χ0) is 20.9. The molecule has 3 aromatic rings. The molecule has 152 valence electrons. The van der Waals surface area contributed by atoms with E-state index in [1.807, 2.05) is 13.8 Å². The standard InChI is InChI=1S/C19H19F2N5O2S/c1-8-9(2)24-25-18-14(8)15(22)16(29-18)17(27)23-11-6-26(7-11)19(28)12-4-3-10(20)5-13(12)21/h3-5,11,19,28H,6-7,22H2,1-2H3,(H,23,27). The molecule has 4 rings (SSSR count). The Bertz CT molecular complexity index is 1110. The topological polar surface area (TPSA) is 104 Å². The molecular weight excluding hydrogens is 400 g/mol. The number of aliphatic hydroxyl groups is 1. The van der Waals surface area contributed by atoms with Gasteiger partial charge in [0, 0.05) is 30.1 Å². The highest BCUT2D eigenvalue weighted by molar-refractivity contribution is 7.21. The third kappa shape index (κ3) is 3.43. The summed E-state index contributed by atoms with van der Waals surface area (Å²) in [6.07, 6.45) is -1.21. The molecule has 0 radical (unpaired) electrons. The van der Waals surface area contributed by atoms with Crippen molar-refractivity contribution in [3.05, 3.63) is 51.5 Å². The van der Waals surface area contributed by atoms with E-state index < -0.39 is 17.9 Å². The van der Waals surface area contributed by atoms with Crippen LogP contribution in [-0.4, -0.2) is 45.2 Å². The van der Waals surface area contributed by atoms with Crippen LogP contribution in [0.1, 0.15) is 32.7 Å². The van der Waals surface area contributed by atoms with E-state index in [2.05, 4.69) is 15.5 Å². The third-order valence-corrected chi connectivity index (χ3v) is 6.26. The van der Waals surface area contributed by atoms with Crippen molar-refractivity contribution in [3.8, 4) is 0 Å². The number of carbonyl (C=O) groups excluding carboxylic acids is 1. The minimum atomic E-state index is -1.21. The van der Waals surface area contributed by atoms with Gasteiger partial charge in [0.15, 0.2) is 0 Å². The van der Waals surface area contributed by atoms with Gasteiger partial charge in [-0.1, -0.05) is 0 Å². The van der Waals surface area contributed by atoms with Crippen molar-refractivity contribution >= 4 is 33.1 Å². The molecule has 7 nitrogen and oxygen atoms in total. The van der Waals surface area contributed by atoms with Gasteiger partial charge in [0.25, 0.3) is 5.91 Å². The normalized spacial score (nSPS) is 16.0. The number of nitrogens with one attached hydrogen (secondary N) is 1. The molecule has 1 saturated heterocycles. The number of halogens is 2. The van der Waals surface area contributed by atoms with Crippen LogP contribution in [0.2, 0.25) is 0 Å². The molecule has 0 bridgehead atoms. The van der Waals surface area contributed by atoms with Crippen LogP contribution >= 0.6 is 11.3 Å². The Morgan fingerprint density at radius 1 is 1.34 bits per heavy atom. The Morgan fingerprint density at radius 3 is 2.76 bits per heavy atom. The Morgan fingerprint density at radius 2 is 2.07 bits per heavy atom. The van der Waals surface area contributed by atoms with Crippen LogP contribution in [0, 0.1) is 25.5 Å². The van der Waals surface area contributed by atoms with E-state index in [1.54, 1.807) is 4.90 Å². The minimum absolute atomic E-state index is 0.00523. The zero-order valence-electron chi connectivity index (χ0n) is 15.7. The minimum Gasteiger partial charge on any atom is -0.397 e. The monoisotopic (exact) mass is 419 g/mol. The van der Waals surface area contributed by atoms with Crippen LogP contribution in [-0.2, 0) is 0 Å². The number of likely N-dealkylation sites (tertiary alicyclic amines) is 1. The number of benzene rings is 1. The Hall–Kier alpha value is -2.69. The predicted octanol–water partition coefficient (Wildman–Crippen LogP) is 2.27. The molecule has 1 fully saturated rings. The van der Waals surface area contributed by atoms with Crippen LogP contribution in [0.25, 0.3) is 10.2 Å². The number of amides is 1. The lowest BCUT2D eigenvalue weighted by atomic mass is 10.0. The zero-order valence-corrected chi connectivity index (χ0v) is 16.6. The summed E-state index contributed by atoms with van der Waals surface area (Å²) >= 11 is 1.18. The highest BCUT2D eigenvalue weighted by atomic mass is 32.1. The highest BCUT2D eigenvalue weighted by Gasteiger charge is 2.35. The molecule has 1 aliphatic heterocycles. The van der Waals surface area contributed by atoms with E-state index in [4.69, 9.17) is 5.73 Å². The van der Waals surface area contributed by atoms with Crippen molar-refractivity contribution < 1.29 is 18.7 Å². The summed E-state index contributed by atoms with van der Waals surface area (Å²) in [5.74, 6) is -1.84. The first-order valence-corrected chi connectivity index (χ1v) is 9.77. The lowest BCUT2D eigenvalue weighted by Gasteiger charge is -2.42. The number of aromatic nitrogens is 2. The number of hydrogen-bond acceptors (Lipinski definition) is 7. The smallest absolute Gasteiger partial charge is 0.263 e. The van der Waals surface area contributed by atoms with Gasteiger partial charge >= 0.3 is 0 Å². The number of nitrogens with zero attached hydrogens (tertiary/aromatic N) is 3. The van der Waals surface area contributed by atoms with Crippen molar-refractivity contribution in [2.45, 2.75) is 26.1 Å². The molecule has 3 heterocycles. The molecule has 0 aliphatic carbocycles. The van der Waals surface area contributed by atoms with Crippen molar-refractivity contribution in [1.82, 2.24) is 20.4 Å². The number of aryl methyl sites for hydroxylation is 2. The van der Waals surface area contributed by atoms with Crippen LogP contribution in [0.4, 0.5) is 14.5 Å². The summed E-state index contributed by atoms with van der Waals surface area (Å²) in [6, 6.07) is 2.82. The molecule has 10 heteroatoms. The number of rotatable bonds is 4. The maximum atomic E-state index is 13.8. The summed E-state index contributed by atoms with van der Waals surface area (Å²) in [6.45, 7) is 4.37. The second kappa shape index (κ2) is 7.29. The van der Waals surface area contributed by atoms with Gasteiger partial charge in [0.1, 0.15) is 27.6 Å². The molecule has 1 aromatic carbocycles. The number of anilines is 1. The molecule has 1 aliphatic rings. The van der Waals surface area contributed by atoms with Crippen molar-refractivity contribution in [1.29, 1.82) is 0 Å². The first kappa shape index (κ1) is 19.6. The third-order valence-electron chi connectivity index (χ3n) is 5.17. The van der Waals surface area contributed by atoms with Gasteiger partial charge in [0.05, 0.1) is 17.4 Å². The molecule has 1 unspecified atom stereocenters. The lowest BCUT2D eigenvalue weighted by molar-refractivity contribution is -0.0540. The van der Waals surface area contributed by atoms with Crippen molar-refractivity contribution in [2.75, 3.05) is 18.8 Å². The molecule has 2 aromatic heterocycles. The van der Waals surface area contributed by atoms with Crippen LogP contribution in [0.3, 0.4) is 0 Å². The molecule has 0 saturated carbocycles. The number of nitrogens with two attached hydrogens (primary N) is 1. The SMILES string of the molecule is Cc1nnc2sc(C(=O)NC3CN(C(O)c4ccc(F)cc4F)C3)c(N)c2c1C. The lowest BCUT2D eigenvalue weighted by Crippen LogP contribution is -2.60. The van der Waals surface area contributed by atoms with Crippen molar-refractivity contribution in [3.63, 3.8) is 0 Å². The number of fused-ring (bicyclic) bond motifs is 1. The second-order valence-corrected chi connectivity index (χ2v) is 8.10. The molecule has 1 amide bonds. The van der Waals surface area contributed by atoms with E-state index in [-0.39, 0.29) is 17.5 Å². The maximum absolute atomic E-state index is 13.8. The van der Waals surface area contributed by atoms with Gasteiger partial charge in [-0.05, 0) is 31.5 Å². The van der Waals surface area contributed by atoms with Gasteiger partial charge in [-0.15, -0.1) is 16.4 Å². The largest absolute Gasteiger partial charge is 0.397 e. The summed E-state index contributed by atoms with van der Waals surface area (Å²) in [4.78, 5) is 15.2. The number of thiophene rings is 1. The van der Waals surface area contributed by atoms with Crippen LogP contribution < -0.4 is 11.1 Å². The molecular formula is C19H19F2N5O2S. The van der Waals surface area contributed by atoms with E-state index in [9.17, 15) is 18.7 Å². The van der Waals surface area contributed by atoms with E-state index in [0.717, 1.165) is 28.8 Å². The number of nitrogen functional groups attached to an aromatic ring is 1. The van der Waals surface area contributed by atoms with E-state index in [0.29, 0.717) is 28.5 Å². The summed E-state index contributed by atoms with van der Waals surface area (Å²) in [5, 5.41) is 22.1. The number of carbonyl (C=O) groups is 1. The first-order valence-electron chi connectivity index (χ1n) is 8.96. The second-order valence-electron chi connectivity index (χ2n) is 7.10. The maximum Gasteiger partial charge on any atom is 0.263 e. The van der Waals surface area contributed by atoms with Crippen LogP contribution in [0.15, 0.2) is 18.2 Å². The molecule has 29 heavy (non-hydrogen) atoms. The van der Waals surface area contributed by atoms with E-state index >= 15 is 0 Å². The Labute approximate surface area is 169 Å². The van der Waals surface area contributed by atoms with Crippen molar-refractivity contribution in [2.24, 2.45) is 0 Å². The van der Waals surface area contributed by atoms with Gasteiger partial charge in [-0.3, -0.25) is 9.69 Å². The molecule has 1 atom stereocenters. The fourth-order valence-electron chi connectivity index (χ4n) is 3.37.